The summed E-state index contributed by atoms with van der Waals surface area (Å²) < 4.78 is 4.49. The third-order valence-electron chi connectivity index (χ3n) is 2.33. The average Bonchev–Trinajstić information content (AvgIpc) is 2.31. The van der Waals surface area contributed by atoms with E-state index in [2.05, 4.69) is 22.3 Å². The van der Waals surface area contributed by atoms with Crippen molar-refractivity contribution in [1.82, 2.24) is 10.6 Å². The first-order valence-electron chi connectivity index (χ1n) is 5.67. The van der Waals surface area contributed by atoms with Gasteiger partial charge in [0, 0.05) is 19.0 Å². The van der Waals surface area contributed by atoms with Crippen molar-refractivity contribution in [3.05, 3.63) is 0 Å². The molecule has 0 aromatic heterocycles. The van der Waals surface area contributed by atoms with Gasteiger partial charge < -0.3 is 15.4 Å². The summed E-state index contributed by atoms with van der Waals surface area (Å²) in [5.41, 5.74) is 0. The molecule has 94 valence electrons. The van der Waals surface area contributed by atoms with Gasteiger partial charge in [-0.2, -0.15) is 0 Å². The molecule has 16 heavy (non-hydrogen) atoms. The Morgan fingerprint density at radius 2 is 2.06 bits per heavy atom. The molecule has 1 amide bonds. The van der Waals surface area contributed by atoms with Crippen LogP contribution < -0.4 is 10.6 Å². The summed E-state index contributed by atoms with van der Waals surface area (Å²) in [6.07, 6.45) is 1.95. The number of hydrogen-bond acceptors (Lipinski definition) is 4. The van der Waals surface area contributed by atoms with Crippen LogP contribution in [0.1, 0.15) is 33.1 Å². The van der Waals surface area contributed by atoms with Gasteiger partial charge in [-0.3, -0.25) is 9.59 Å². The third kappa shape index (κ3) is 8.23. The predicted molar refractivity (Wildman–Crippen MR) is 62.0 cm³/mol. The Hall–Kier alpha value is -1.10. The van der Waals surface area contributed by atoms with Crippen LogP contribution in [-0.2, 0) is 14.3 Å². The fourth-order valence-corrected chi connectivity index (χ4v) is 1.04. The maximum atomic E-state index is 11.3. The number of amides is 1. The van der Waals surface area contributed by atoms with Crippen molar-refractivity contribution in [2.45, 2.75) is 39.2 Å². The maximum Gasteiger partial charge on any atom is 0.305 e. The van der Waals surface area contributed by atoms with Crippen LogP contribution in [0.5, 0.6) is 0 Å². The number of rotatable bonds is 8. The lowest BCUT2D eigenvalue weighted by atomic mass is 10.2. The molecule has 5 nitrogen and oxygen atoms in total. The van der Waals surface area contributed by atoms with Crippen LogP contribution in [0, 0.1) is 0 Å². The maximum absolute atomic E-state index is 11.3. The van der Waals surface area contributed by atoms with Crippen LogP contribution >= 0.6 is 0 Å². The largest absolute Gasteiger partial charge is 0.469 e. The van der Waals surface area contributed by atoms with E-state index < -0.39 is 0 Å². The van der Waals surface area contributed by atoms with Crippen molar-refractivity contribution >= 4 is 11.9 Å². The van der Waals surface area contributed by atoms with Gasteiger partial charge in [-0.1, -0.05) is 6.92 Å². The average molecular weight is 230 g/mol. The van der Waals surface area contributed by atoms with Crippen molar-refractivity contribution in [1.29, 1.82) is 0 Å². The number of methoxy groups -OCH3 is 1. The lowest BCUT2D eigenvalue weighted by Gasteiger charge is -2.10. The fourth-order valence-electron chi connectivity index (χ4n) is 1.04. The fraction of sp³-hybridized carbons (Fsp3) is 0.818. The van der Waals surface area contributed by atoms with Gasteiger partial charge in [0.1, 0.15) is 0 Å². The Kier molecular flexibility index (Phi) is 8.52. The van der Waals surface area contributed by atoms with E-state index in [1.54, 1.807) is 0 Å². The Balaban J connectivity index is 3.40. The molecule has 0 saturated carbocycles. The van der Waals surface area contributed by atoms with Gasteiger partial charge >= 0.3 is 5.97 Å². The second kappa shape index (κ2) is 9.15. The van der Waals surface area contributed by atoms with Crippen LogP contribution in [-0.4, -0.2) is 38.1 Å². The summed E-state index contributed by atoms with van der Waals surface area (Å²) in [6.45, 7) is 4.93. The molecule has 0 aromatic rings. The Morgan fingerprint density at radius 3 is 2.62 bits per heavy atom. The first kappa shape index (κ1) is 14.9. The minimum absolute atomic E-state index is 0.0369. The van der Waals surface area contributed by atoms with E-state index in [0.717, 1.165) is 6.42 Å². The molecule has 0 aliphatic carbocycles. The zero-order valence-corrected chi connectivity index (χ0v) is 10.3. The van der Waals surface area contributed by atoms with Gasteiger partial charge in [0.25, 0.3) is 0 Å². The summed E-state index contributed by atoms with van der Waals surface area (Å²) in [6, 6.07) is 0.348. The van der Waals surface area contributed by atoms with Crippen LogP contribution in [0.25, 0.3) is 0 Å². The number of esters is 1. The number of carbonyl (C=O) groups is 2. The first-order chi connectivity index (χ1) is 7.60. The SMILES string of the molecule is CCC(C)NCC(=O)NCCCC(=O)OC. The lowest BCUT2D eigenvalue weighted by Crippen LogP contribution is -2.38. The monoisotopic (exact) mass is 230 g/mol. The Bertz CT molecular complexity index is 219. The molecule has 0 heterocycles. The molecule has 0 radical (unpaired) electrons. The third-order valence-corrected chi connectivity index (χ3v) is 2.33. The molecule has 0 bridgehead atoms. The van der Waals surface area contributed by atoms with Crippen LogP contribution in [0.15, 0.2) is 0 Å². The molecule has 0 saturated heterocycles. The Morgan fingerprint density at radius 1 is 1.38 bits per heavy atom. The zero-order chi connectivity index (χ0) is 12.4. The summed E-state index contributed by atoms with van der Waals surface area (Å²) in [5, 5.41) is 5.82. The van der Waals surface area contributed by atoms with E-state index in [4.69, 9.17) is 0 Å². The minimum Gasteiger partial charge on any atom is -0.469 e. The van der Waals surface area contributed by atoms with Crippen molar-refractivity contribution < 1.29 is 14.3 Å². The number of carbonyl (C=O) groups excluding carboxylic acids is 2. The van der Waals surface area contributed by atoms with E-state index in [9.17, 15) is 9.59 Å². The summed E-state index contributed by atoms with van der Waals surface area (Å²) in [4.78, 5) is 22.1. The molecule has 1 atom stereocenters. The zero-order valence-electron chi connectivity index (χ0n) is 10.3. The van der Waals surface area contributed by atoms with Gasteiger partial charge in [-0.05, 0) is 19.8 Å². The molecule has 5 heteroatoms. The summed E-state index contributed by atoms with van der Waals surface area (Å²) in [7, 11) is 1.36. The van der Waals surface area contributed by atoms with Gasteiger partial charge in [0.05, 0.1) is 13.7 Å². The highest BCUT2D eigenvalue weighted by Crippen LogP contribution is 1.90. The Labute approximate surface area is 96.9 Å². The standard InChI is InChI=1S/C11H22N2O3/c1-4-9(2)13-8-10(14)12-7-5-6-11(15)16-3/h9,13H,4-8H2,1-3H3,(H,12,14). The van der Waals surface area contributed by atoms with Gasteiger partial charge in [-0.25, -0.2) is 0 Å². The quantitative estimate of drug-likeness (QED) is 0.469. The summed E-state index contributed by atoms with van der Waals surface area (Å²) >= 11 is 0. The molecule has 0 aliphatic heterocycles. The normalized spacial score (nSPS) is 11.9. The van der Waals surface area contributed by atoms with Gasteiger partial charge in [0.2, 0.25) is 5.91 Å². The molecule has 0 rings (SSSR count). The van der Waals surface area contributed by atoms with E-state index in [1.807, 2.05) is 6.92 Å². The number of hydrogen-bond donors (Lipinski definition) is 2. The molecule has 2 N–H and O–H groups in total. The van der Waals surface area contributed by atoms with Gasteiger partial charge in [-0.15, -0.1) is 0 Å². The molecule has 1 unspecified atom stereocenters. The molecule has 0 fully saturated rings. The predicted octanol–water partition coefficient (Wildman–Crippen LogP) is 0.444. The second-order valence-corrected chi connectivity index (χ2v) is 3.72. The van der Waals surface area contributed by atoms with E-state index in [0.29, 0.717) is 32.0 Å². The van der Waals surface area contributed by atoms with E-state index in [1.165, 1.54) is 7.11 Å². The molecule has 0 aliphatic rings. The second-order valence-electron chi connectivity index (χ2n) is 3.72. The van der Waals surface area contributed by atoms with Crippen molar-refractivity contribution in [2.24, 2.45) is 0 Å². The first-order valence-corrected chi connectivity index (χ1v) is 5.67. The smallest absolute Gasteiger partial charge is 0.305 e. The minimum atomic E-state index is -0.244. The van der Waals surface area contributed by atoms with Crippen LogP contribution in [0.2, 0.25) is 0 Å². The molecular formula is C11H22N2O3. The molecule has 0 aromatic carbocycles. The van der Waals surface area contributed by atoms with Crippen molar-refractivity contribution in [3.63, 3.8) is 0 Å². The lowest BCUT2D eigenvalue weighted by molar-refractivity contribution is -0.140. The van der Waals surface area contributed by atoms with Crippen molar-refractivity contribution in [3.8, 4) is 0 Å². The van der Waals surface area contributed by atoms with E-state index >= 15 is 0 Å². The number of nitrogens with one attached hydrogen (secondary N) is 2. The highest BCUT2D eigenvalue weighted by atomic mass is 16.5. The highest BCUT2D eigenvalue weighted by molar-refractivity contribution is 5.78. The summed E-state index contributed by atoms with van der Waals surface area (Å²) in [5.74, 6) is -0.280. The van der Waals surface area contributed by atoms with Crippen LogP contribution in [0.4, 0.5) is 0 Å². The van der Waals surface area contributed by atoms with Crippen LogP contribution in [0.3, 0.4) is 0 Å². The molecule has 0 spiro atoms. The number of ether oxygens (including phenoxy) is 1. The van der Waals surface area contributed by atoms with E-state index in [-0.39, 0.29) is 11.9 Å². The molecular weight excluding hydrogens is 208 g/mol. The van der Waals surface area contributed by atoms with Gasteiger partial charge in [0.15, 0.2) is 0 Å². The topological polar surface area (TPSA) is 67.4 Å². The highest BCUT2D eigenvalue weighted by Gasteiger charge is 2.04. The van der Waals surface area contributed by atoms with Crippen molar-refractivity contribution in [2.75, 3.05) is 20.2 Å².